The van der Waals surface area contributed by atoms with Gasteiger partial charge in [-0.25, -0.2) is 0 Å². The Labute approximate surface area is 136 Å². The van der Waals surface area contributed by atoms with E-state index in [4.69, 9.17) is 0 Å². The third kappa shape index (κ3) is 5.43. The van der Waals surface area contributed by atoms with Crippen LogP contribution in [0, 0.1) is 0 Å². The second kappa shape index (κ2) is 7.94. The van der Waals surface area contributed by atoms with E-state index in [2.05, 4.69) is 10.6 Å². The molecule has 0 heterocycles. The van der Waals surface area contributed by atoms with Crippen LogP contribution in [0.4, 0.5) is 5.69 Å². The first-order chi connectivity index (χ1) is 11.0. The first-order valence-electron chi connectivity index (χ1n) is 7.49. The molecule has 0 spiro atoms. The van der Waals surface area contributed by atoms with Crippen LogP contribution in [0.15, 0.2) is 60.7 Å². The van der Waals surface area contributed by atoms with Gasteiger partial charge in [0.15, 0.2) is 0 Å². The molecule has 118 valence electrons. The highest BCUT2D eigenvalue weighted by Gasteiger charge is 2.08. The number of nitrogens with one attached hydrogen (secondary N) is 2. The first kappa shape index (κ1) is 16.5. The molecule has 0 aromatic heterocycles. The molecule has 0 aliphatic rings. The van der Waals surface area contributed by atoms with Crippen LogP contribution in [-0.4, -0.2) is 17.9 Å². The fraction of sp³-hybridized carbons (Fsp3) is 0.158. The van der Waals surface area contributed by atoms with Crippen molar-refractivity contribution in [2.24, 2.45) is 0 Å². The summed E-state index contributed by atoms with van der Waals surface area (Å²) in [6.45, 7) is 3.80. The lowest BCUT2D eigenvalue weighted by Crippen LogP contribution is -2.30. The highest BCUT2D eigenvalue weighted by atomic mass is 16.2. The maximum absolute atomic E-state index is 12.0. The molecule has 23 heavy (non-hydrogen) atoms. The van der Waals surface area contributed by atoms with E-state index in [0.717, 1.165) is 5.56 Å². The van der Waals surface area contributed by atoms with Gasteiger partial charge in [0.05, 0.1) is 0 Å². The minimum absolute atomic E-state index is 0.0644. The number of rotatable bonds is 5. The molecule has 0 fully saturated rings. The van der Waals surface area contributed by atoms with Crippen molar-refractivity contribution in [3.63, 3.8) is 0 Å². The van der Waals surface area contributed by atoms with Crippen molar-refractivity contribution in [1.82, 2.24) is 5.32 Å². The molecule has 2 aromatic rings. The summed E-state index contributed by atoms with van der Waals surface area (Å²) in [6.07, 6.45) is 3.21. The van der Waals surface area contributed by atoms with E-state index in [1.54, 1.807) is 30.3 Å². The minimum atomic E-state index is -0.240. The molecule has 0 aliphatic heterocycles. The van der Waals surface area contributed by atoms with E-state index in [0.29, 0.717) is 11.3 Å². The highest BCUT2D eigenvalue weighted by molar-refractivity contribution is 6.03. The zero-order chi connectivity index (χ0) is 16.7. The van der Waals surface area contributed by atoms with E-state index >= 15 is 0 Å². The number of amides is 2. The Morgan fingerprint density at radius 1 is 1.00 bits per heavy atom. The van der Waals surface area contributed by atoms with Crippen LogP contribution < -0.4 is 10.6 Å². The molecule has 0 atom stereocenters. The molecule has 4 heteroatoms. The Balaban J connectivity index is 2.01. The number of hydrogen-bond acceptors (Lipinski definition) is 2. The Kier molecular flexibility index (Phi) is 5.69. The maximum Gasteiger partial charge on any atom is 0.251 e. The van der Waals surface area contributed by atoms with Gasteiger partial charge in [-0.2, -0.15) is 0 Å². The summed E-state index contributed by atoms with van der Waals surface area (Å²) in [5, 5.41) is 5.58. The molecule has 0 unspecified atom stereocenters. The van der Waals surface area contributed by atoms with Crippen LogP contribution in [0.3, 0.4) is 0 Å². The van der Waals surface area contributed by atoms with Gasteiger partial charge in [0.25, 0.3) is 5.91 Å². The zero-order valence-corrected chi connectivity index (χ0v) is 13.2. The van der Waals surface area contributed by atoms with Gasteiger partial charge < -0.3 is 10.6 Å². The van der Waals surface area contributed by atoms with Gasteiger partial charge in [0.1, 0.15) is 0 Å². The van der Waals surface area contributed by atoms with Crippen molar-refractivity contribution >= 4 is 23.6 Å². The monoisotopic (exact) mass is 308 g/mol. The van der Waals surface area contributed by atoms with Crippen LogP contribution in [0.25, 0.3) is 6.08 Å². The van der Waals surface area contributed by atoms with E-state index in [1.807, 2.05) is 44.2 Å². The van der Waals surface area contributed by atoms with Gasteiger partial charge in [0, 0.05) is 23.4 Å². The number of carbonyl (C=O) groups is 2. The number of hydrogen-bond donors (Lipinski definition) is 2. The van der Waals surface area contributed by atoms with E-state index in [-0.39, 0.29) is 17.9 Å². The van der Waals surface area contributed by atoms with Crippen LogP contribution in [0.5, 0.6) is 0 Å². The molecule has 0 saturated heterocycles. The summed E-state index contributed by atoms with van der Waals surface area (Å²) in [5.41, 5.74) is 2.06. The van der Waals surface area contributed by atoms with Gasteiger partial charge in [-0.05, 0) is 43.7 Å². The second-order valence-electron chi connectivity index (χ2n) is 5.44. The third-order valence-corrected chi connectivity index (χ3v) is 3.04. The molecule has 2 N–H and O–H groups in total. The Morgan fingerprint density at radius 3 is 2.43 bits per heavy atom. The average molecular weight is 308 g/mol. The molecule has 0 bridgehead atoms. The third-order valence-electron chi connectivity index (χ3n) is 3.04. The summed E-state index contributed by atoms with van der Waals surface area (Å²) in [5.74, 6) is -0.397. The highest BCUT2D eigenvalue weighted by Crippen LogP contribution is 2.11. The second-order valence-corrected chi connectivity index (χ2v) is 5.44. The van der Waals surface area contributed by atoms with Gasteiger partial charge in [-0.3, -0.25) is 9.59 Å². The number of anilines is 1. The van der Waals surface area contributed by atoms with Gasteiger partial charge in [-0.15, -0.1) is 0 Å². The molecule has 2 amide bonds. The molecular formula is C19H20N2O2. The quantitative estimate of drug-likeness (QED) is 0.831. The summed E-state index contributed by atoms with van der Waals surface area (Å²) in [4.78, 5) is 23.9. The summed E-state index contributed by atoms with van der Waals surface area (Å²) in [7, 11) is 0. The topological polar surface area (TPSA) is 58.2 Å². The molecule has 2 rings (SSSR count). The number of benzene rings is 2. The lowest BCUT2D eigenvalue weighted by molar-refractivity contribution is -0.111. The molecule has 0 aliphatic carbocycles. The standard InChI is InChI=1S/C19H20N2O2/c1-14(2)20-19(23)16-9-6-10-17(13-16)21-18(22)12-11-15-7-4-3-5-8-15/h3-14H,1-2H3,(H,20,23)(H,21,22)/b12-11+. The summed E-state index contributed by atoms with van der Waals surface area (Å²) >= 11 is 0. The predicted molar refractivity (Wildman–Crippen MR) is 93.1 cm³/mol. The van der Waals surface area contributed by atoms with Crippen LogP contribution >= 0.6 is 0 Å². The van der Waals surface area contributed by atoms with Gasteiger partial charge in [0.2, 0.25) is 5.91 Å². The van der Waals surface area contributed by atoms with Crippen LogP contribution in [0.1, 0.15) is 29.8 Å². The summed E-state index contributed by atoms with van der Waals surface area (Å²) < 4.78 is 0. The predicted octanol–water partition coefficient (Wildman–Crippen LogP) is 3.48. The van der Waals surface area contributed by atoms with Crippen LogP contribution in [-0.2, 0) is 4.79 Å². The van der Waals surface area contributed by atoms with Crippen LogP contribution in [0.2, 0.25) is 0 Å². The minimum Gasteiger partial charge on any atom is -0.350 e. The Bertz CT molecular complexity index is 706. The van der Waals surface area contributed by atoms with E-state index in [9.17, 15) is 9.59 Å². The molecule has 2 aromatic carbocycles. The van der Waals surface area contributed by atoms with Gasteiger partial charge >= 0.3 is 0 Å². The average Bonchev–Trinajstić information content (AvgIpc) is 2.53. The maximum atomic E-state index is 12.0. The van der Waals surface area contributed by atoms with Crippen molar-refractivity contribution in [2.45, 2.75) is 19.9 Å². The normalized spacial score (nSPS) is 10.7. The van der Waals surface area contributed by atoms with Gasteiger partial charge in [-0.1, -0.05) is 36.4 Å². The SMILES string of the molecule is CC(C)NC(=O)c1cccc(NC(=O)/C=C/c2ccccc2)c1. The molecular weight excluding hydrogens is 288 g/mol. The lowest BCUT2D eigenvalue weighted by atomic mass is 10.1. The van der Waals surface area contributed by atoms with E-state index < -0.39 is 0 Å². The Morgan fingerprint density at radius 2 is 1.74 bits per heavy atom. The molecule has 4 nitrogen and oxygen atoms in total. The van der Waals surface area contributed by atoms with Crippen molar-refractivity contribution in [2.75, 3.05) is 5.32 Å². The zero-order valence-electron chi connectivity index (χ0n) is 13.2. The summed E-state index contributed by atoms with van der Waals surface area (Å²) in [6, 6.07) is 16.5. The molecule has 0 radical (unpaired) electrons. The lowest BCUT2D eigenvalue weighted by Gasteiger charge is -2.09. The van der Waals surface area contributed by atoms with Crippen molar-refractivity contribution < 1.29 is 9.59 Å². The van der Waals surface area contributed by atoms with Crippen molar-refractivity contribution in [3.8, 4) is 0 Å². The molecule has 0 saturated carbocycles. The number of carbonyl (C=O) groups excluding carboxylic acids is 2. The Hall–Kier alpha value is -2.88. The van der Waals surface area contributed by atoms with Crippen molar-refractivity contribution in [1.29, 1.82) is 0 Å². The van der Waals surface area contributed by atoms with E-state index in [1.165, 1.54) is 6.08 Å². The smallest absolute Gasteiger partial charge is 0.251 e. The fourth-order valence-corrected chi connectivity index (χ4v) is 2.00. The first-order valence-corrected chi connectivity index (χ1v) is 7.49. The largest absolute Gasteiger partial charge is 0.350 e. The van der Waals surface area contributed by atoms with Crippen molar-refractivity contribution in [3.05, 3.63) is 71.8 Å². The fourth-order valence-electron chi connectivity index (χ4n) is 2.00.